The molecule has 1 fully saturated rings. The van der Waals surface area contributed by atoms with Gasteiger partial charge in [-0.05, 0) is 47.9 Å². The summed E-state index contributed by atoms with van der Waals surface area (Å²) < 4.78 is 13.3. The van der Waals surface area contributed by atoms with Gasteiger partial charge in [0.2, 0.25) is 5.91 Å². The van der Waals surface area contributed by atoms with Crippen LogP contribution in [0.4, 0.5) is 4.39 Å². The number of hydrogen-bond acceptors (Lipinski definition) is 3. The summed E-state index contributed by atoms with van der Waals surface area (Å²) in [4.78, 5) is 27.7. The number of carbonyl (C=O) groups excluding carboxylic acids is 2. The zero-order valence-electron chi connectivity index (χ0n) is 15.7. The number of amides is 2. The minimum atomic E-state index is -0.595. The molecule has 7 heteroatoms. The zero-order chi connectivity index (χ0) is 20.3. The number of nitrogens with one attached hydrogen (secondary N) is 1. The van der Waals surface area contributed by atoms with Gasteiger partial charge < -0.3 is 10.2 Å². The first kappa shape index (κ1) is 20.7. The van der Waals surface area contributed by atoms with Gasteiger partial charge in [0, 0.05) is 22.9 Å². The highest BCUT2D eigenvalue weighted by Crippen LogP contribution is 2.42. The second kappa shape index (κ2) is 8.97. The monoisotopic (exact) mass is 420 g/mol. The Morgan fingerprint density at radius 2 is 1.82 bits per heavy atom. The van der Waals surface area contributed by atoms with E-state index in [9.17, 15) is 14.0 Å². The van der Waals surface area contributed by atoms with E-state index in [2.05, 4.69) is 5.32 Å². The minimum Gasteiger partial charge on any atom is -0.354 e. The predicted octanol–water partition coefficient (Wildman–Crippen LogP) is 4.51. The van der Waals surface area contributed by atoms with Crippen molar-refractivity contribution >= 4 is 35.2 Å². The smallest absolute Gasteiger partial charge is 0.255 e. The Kier molecular flexibility index (Phi) is 6.62. The van der Waals surface area contributed by atoms with Gasteiger partial charge in [-0.15, -0.1) is 11.8 Å². The van der Waals surface area contributed by atoms with Crippen LogP contribution in [-0.4, -0.2) is 35.1 Å². The summed E-state index contributed by atoms with van der Waals surface area (Å²) in [6.45, 7) is 4.58. The third-order valence-electron chi connectivity index (χ3n) is 4.47. The molecule has 0 saturated carbocycles. The standard InChI is InChI=1S/C21H22ClFN2O2S/c1-13(2)11-24-19(26)18-12-28-21(15-5-9-17(23)10-6-15)25(18)20(27)14-3-7-16(22)8-4-14/h3-10,13,18,21H,11-12H2,1-2H3,(H,24,26). The van der Waals surface area contributed by atoms with Gasteiger partial charge in [0.15, 0.2) is 0 Å². The second-order valence-electron chi connectivity index (χ2n) is 7.11. The fourth-order valence-electron chi connectivity index (χ4n) is 3.00. The molecule has 2 atom stereocenters. The summed E-state index contributed by atoms with van der Waals surface area (Å²) in [5.41, 5.74) is 1.24. The van der Waals surface area contributed by atoms with Crippen LogP contribution in [0.25, 0.3) is 0 Å². The Hall–Kier alpha value is -2.05. The third-order valence-corrected chi connectivity index (χ3v) is 6.04. The first-order valence-corrected chi connectivity index (χ1v) is 10.5. The summed E-state index contributed by atoms with van der Waals surface area (Å²) in [7, 11) is 0. The molecule has 2 aromatic rings. The fraction of sp³-hybridized carbons (Fsp3) is 0.333. The van der Waals surface area contributed by atoms with Crippen molar-refractivity contribution in [3.05, 3.63) is 70.5 Å². The molecule has 0 radical (unpaired) electrons. The topological polar surface area (TPSA) is 49.4 Å². The second-order valence-corrected chi connectivity index (χ2v) is 8.66. The molecule has 1 aliphatic rings. The van der Waals surface area contributed by atoms with E-state index in [0.29, 0.717) is 28.8 Å². The highest BCUT2D eigenvalue weighted by atomic mass is 35.5. The lowest BCUT2D eigenvalue weighted by Crippen LogP contribution is -2.48. The van der Waals surface area contributed by atoms with Gasteiger partial charge in [0.1, 0.15) is 17.2 Å². The number of halogens is 2. The maximum Gasteiger partial charge on any atom is 0.255 e. The van der Waals surface area contributed by atoms with E-state index in [0.717, 1.165) is 5.56 Å². The molecule has 2 amide bonds. The molecule has 1 aliphatic heterocycles. The Morgan fingerprint density at radius 3 is 2.43 bits per heavy atom. The van der Waals surface area contributed by atoms with Gasteiger partial charge >= 0.3 is 0 Å². The van der Waals surface area contributed by atoms with Crippen molar-refractivity contribution in [3.63, 3.8) is 0 Å². The number of rotatable bonds is 5. The van der Waals surface area contributed by atoms with E-state index < -0.39 is 6.04 Å². The lowest BCUT2D eigenvalue weighted by atomic mass is 10.1. The van der Waals surface area contributed by atoms with Gasteiger partial charge in [-0.2, -0.15) is 0 Å². The minimum absolute atomic E-state index is 0.173. The van der Waals surface area contributed by atoms with E-state index in [1.165, 1.54) is 23.9 Å². The molecule has 3 rings (SSSR count). The summed E-state index contributed by atoms with van der Waals surface area (Å²) >= 11 is 7.44. The Bertz CT molecular complexity index is 842. The van der Waals surface area contributed by atoms with Crippen molar-refractivity contribution in [1.82, 2.24) is 10.2 Å². The van der Waals surface area contributed by atoms with Crippen LogP contribution in [-0.2, 0) is 4.79 Å². The Labute approximate surface area is 173 Å². The molecule has 0 bridgehead atoms. The lowest BCUT2D eigenvalue weighted by Gasteiger charge is -2.29. The molecule has 2 aromatic carbocycles. The van der Waals surface area contributed by atoms with Crippen LogP contribution in [0.1, 0.15) is 35.1 Å². The van der Waals surface area contributed by atoms with Gasteiger partial charge in [0.05, 0.1) is 0 Å². The third kappa shape index (κ3) is 4.67. The van der Waals surface area contributed by atoms with Crippen LogP contribution in [0.3, 0.4) is 0 Å². The van der Waals surface area contributed by atoms with E-state index in [1.807, 2.05) is 13.8 Å². The fourth-order valence-corrected chi connectivity index (χ4v) is 4.56. The number of thioether (sulfide) groups is 1. The molecule has 4 nitrogen and oxygen atoms in total. The average Bonchev–Trinajstić information content (AvgIpc) is 3.11. The first-order chi connectivity index (χ1) is 13.4. The van der Waals surface area contributed by atoms with E-state index in [4.69, 9.17) is 11.6 Å². The molecule has 0 aromatic heterocycles. The van der Waals surface area contributed by atoms with Crippen LogP contribution in [0.15, 0.2) is 48.5 Å². The van der Waals surface area contributed by atoms with Gasteiger partial charge in [-0.25, -0.2) is 4.39 Å². The molecule has 148 valence electrons. The Morgan fingerprint density at radius 1 is 1.18 bits per heavy atom. The highest BCUT2D eigenvalue weighted by molar-refractivity contribution is 7.99. The molecule has 2 unspecified atom stereocenters. The summed E-state index contributed by atoms with van der Waals surface area (Å²) in [6.07, 6.45) is 0. The SMILES string of the molecule is CC(C)CNC(=O)C1CSC(c2ccc(F)cc2)N1C(=O)c1ccc(Cl)cc1. The maximum atomic E-state index is 13.3. The van der Waals surface area contributed by atoms with Crippen LogP contribution >= 0.6 is 23.4 Å². The molecule has 1 heterocycles. The number of hydrogen-bond donors (Lipinski definition) is 1. The van der Waals surface area contributed by atoms with Gasteiger partial charge in [-0.1, -0.05) is 37.6 Å². The van der Waals surface area contributed by atoms with E-state index in [-0.39, 0.29) is 23.0 Å². The summed E-state index contributed by atoms with van der Waals surface area (Å²) in [5.74, 6) is 0.0272. The average molecular weight is 421 g/mol. The number of benzene rings is 2. The van der Waals surface area contributed by atoms with Gasteiger partial charge in [0.25, 0.3) is 5.91 Å². The van der Waals surface area contributed by atoms with Crippen molar-refractivity contribution < 1.29 is 14.0 Å². The van der Waals surface area contributed by atoms with Crippen LogP contribution in [0, 0.1) is 11.7 Å². The zero-order valence-corrected chi connectivity index (χ0v) is 17.3. The van der Waals surface area contributed by atoms with Crippen molar-refractivity contribution in [3.8, 4) is 0 Å². The van der Waals surface area contributed by atoms with Crippen molar-refractivity contribution in [1.29, 1.82) is 0 Å². The van der Waals surface area contributed by atoms with Crippen molar-refractivity contribution in [2.24, 2.45) is 5.92 Å². The number of nitrogens with zero attached hydrogens (tertiary/aromatic N) is 1. The normalized spacial score (nSPS) is 19.1. The molecule has 0 spiro atoms. The van der Waals surface area contributed by atoms with Crippen molar-refractivity contribution in [2.75, 3.05) is 12.3 Å². The van der Waals surface area contributed by atoms with Crippen LogP contribution in [0.2, 0.25) is 5.02 Å². The van der Waals surface area contributed by atoms with Gasteiger partial charge in [-0.3, -0.25) is 9.59 Å². The predicted molar refractivity (Wildman–Crippen MR) is 111 cm³/mol. The lowest BCUT2D eigenvalue weighted by molar-refractivity contribution is -0.125. The summed E-state index contributed by atoms with van der Waals surface area (Å²) in [5, 5.41) is 3.10. The molecule has 28 heavy (non-hydrogen) atoms. The number of carbonyl (C=O) groups is 2. The quantitative estimate of drug-likeness (QED) is 0.774. The first-order valence-electron chi connectivity index (χ1n) is 9.10. The van der Waals surface area contributed by atoms with Crippen molar-refractivity contribution in [2.45, 2.75) is 25.3 Å². The van der Waals surface area contributed by atoms with E-state index >= 15 is 0 Å². The molecular formula is C21H22ClFN2O2S. The van der Waals surface area contributed by atoms with Crippen LogP contribution < -0.4 is 5.32 Å². The summed E-state index contributed by atoms with van der Waals surface area (Å²) in [6, 6.07) is 12.1. The Balaban J connectivity index is 1.91. The molecule has 0 aliphatic carbocycles. The molecule has 1 saturated heterocycles. The highest BCUT2D eigenvalue weighted by Gasteiger charge is 2.42. The molecule has 1 N–H and O–H groups in total. The molecular weight excluding hydrogens is 399 g/mol. The largest absolute Gasteiger partial charge is 0.354 e. The van der Waals surface area contributed by atoms with E-state index in [1.54, 1.807) is 41.3 Å². The van der Waals surface area contributed by atoms with Crippen LogP contribution in [0.5, 0.6) is 0 Å². The maximum absolute atomic E-state index is 13.3.